The van der Waals surface area contributed by atoms with E-state index < -0.39 is 22.0 Å². The number of sulfonamides is 1. The van der Waals surface area contributed by atoms with Crippen LogP contribution in [0.3, 0.4) is 0 Å². The van der Waals surface area contributed by atoms with Crippen molar-refractivity contribution in [1.29, 1.82) is 0 Å². The minimum atomic E-state index is -3.93. The molecule has 33 heavy (non-hydrogen) atoms. The Labute approximate surface area is 192 Å². The standard InChI is InChI=1S/C22H25N5O5S/c1-15(26-33(30,31)20-10-6-17(7-11-20)24-16(2)28)22(29)25-18-4-8-19(9-5-18)32-14-21-23-12-13-27(21)3/h4-13,15,26H,14H2,1-3H3,(H,24,28)(H,25,29)/t15-/m0/s1. The third-order valence-electron chi connectivity index (χ3n) is 4.62. The molecule has 3 rings (SSSR count). The first-order valence-corrected chi connectivity index (χ1v) is 11.5. The van der Waals surface area contributed by atoms with Gasteiger partial charge in [0.05, 0.1) is 10.9 Å². The quantitative estimate of drug-likeness (QED) is 0.439. The summed E-state index contributed by atoms with van der Waals surface area (Å²) in [5.74, 6) is 0.600. The van der Waals surface area contributed by atoms with Gasteiger partial charge in [-0.3, -0.25) is 9.59 Å². The van der Waals surface area contributed by atoms with Crippen molar-refractivity contribution in [2.24, 2.45) is 7.05 Å². The van der Waals surface area contributed by atoms with Crippen LogP contribution >= 0.6 is 0 Å². The Balaban J connectivity index is 1.55. The first-order chi connectivity index (χ1) is 15.6. The van der Waals surface area contributed by atoms with Crippen molar-refractivity contribution in [3.05, 3.63) is 66.7 Å². The van der Waals surface area contributed by atoms with Gasteiger partial charge >= 0.3 is 0 Å². The van der Waals surface area contributed by atoms with E-state index in [-0.39, 0.29) is 10.8 Å². The SMILES string of the molecule is CC(=O)Nc1ccc(S(=O)(=O)N[C@@H](C)C(=O)Nc2ccc(OCc3nccn3C)cc2)cc1. The number of benzene rings is 2. The van der Waals surface area contributed by atoms with Crippen LogP contribution in [-0.2, 0) is 33.3 Å². The van der Waals surface area contributed by atoms with E-state index in [0.29, 0.717) is 23.7 Å². The topological polar surface area (TPSA) is 131 Å². The van der Waals surface area contributed by atoms with Crippen molar-refractivity contribution in [3.63, 3.8) is 0 Å². The van der Waals surface area contributed by atoms with Crippen LogP contribution < -0.4 is 20.1 Å². The lowest BCUT2D eigenvalue weighted by Gasteiger charge is -2.15. The molecule has 2 aromatic carbocycles. The maximum absolute atomic E-state index is 12.6. The fourth-order valence-electron chi connectivity index (χ4n) is 2.84. The van der Waals surface area contributed by atoms with Crippen molar-refractivity contribution in [2.45, 2.75) is 31.4 Å². The van der Waals surface area contributed by atoms with Gasteiger partial charge in [-0.2, -0.15) is 4.72 Å². The van der Waals surface area contributed by atoms with E-state index in [4.69, 9.17) is 4.74 Å². The largest absolute Gasteiger partial charge is 0.486 e. The second-order valence-corrected chi connectivity index (χ2v) is 9.02. The minimum Gasteiger partial charge on any atom is -0.486 e. The number of aromatic nitrogens is 2. The molecule has 0 aliphatic heterocycles. The van der Waals surface area contributed by atoms with E-state index in [0.717, 1.165) is 5.82 Å². The Morgan fingerprint density at radius 2 is 1.64 bits per heavy atom. The van der Waals surface area contributed by atoms with E-state index >= 15 is 0 Å². The monoisotopic (exact) mass is 471 g/mol. The summed E-state index contributed by atoms with van der Waals surface area (Å²) in [6.45, 7) is 3.11. The van der Waals surface area contributed by atoms with Gasteiger partial charge in [-0.15, -0.1) is 0 Å². The maximum atomic E-state index is 12.6. The number of nitrogens with one attached hydrogen (secondary N) is 3. The molecule has 0 unspecified atom stereocenters. The molecule has 10 nitrogen and oxygen atoms in total. The molecule has 0 saturated carbocycles. The van der Waals surface area contributed by atoms with Gasteiger partial charge in [0, 0.05) is 37.7 Å². The van der Waals surface area contributed by atoms with E-state index in [1.807, 2.05) is 17.8 Å². The molecular formula is C22H25N5O5S. The number of amides is 2. The number of ether oxygens (including phenoxy) is 1. The molecule has 3 aromatic rings. The maximum Gasteiger partial charge on any atom is 0.242 e. The normalized spacial score (nSPS) is 12.1. The molecule has 0 bridgehead atoms. The number of rotatable bonds is 9. The third kappa shape index (κ3) is 6.64. The average Bonchev–Trinajstić information content (AvgIpc) is 3.17. The Morgan fingerprint density at radius 3 is 2.21 bits per heavy atom. The number of aryl methyl sites for hydroxylation is 1. The fourth-order valence-corrected chi connectivity index (χ4v) is 4.05. The first-order valence-electron chi connectivity index (χ1n) is 10.0. The molecule has 0 spiro atoms. The molecule has 1 atom stereocenters. The highest BCUT2D eigenvalue weighted by atomic mass is 32.2. The lowest BCUT2D eigenvalue weighted by atomic mass is 10.2. The molecule has 1 aromatic heterocycles. The summed E-state index contributed by atoms with van der Waals surface area (Å²) in [5, 5.41) is 5.23. The predicted molar refractivity (Wildman–Crippen MR) is 123 cm³/mol. The van der Waals surface area contributed by atoms with Crippen LogP contribution in [0.1, 0.15) is 19.7 Å². The van der Waals surface area contributed by atoms with Gasteiger partial charge in [-0.1, -0.05) is 0 Å². The van der Waals surface area contributed by atoms with Gasteiger partial charge < -0.3 is 19.9 Å². The van der Waals surface area contributed by atoms with Crippen molar-refractivity contribution < 1.29 is 22.7 Å². The first kappa shape index (κ1) is 24.0. The van der Waals surface area contributed by atoms with Crippen molar-refractivity contribution in [1.82, 2.24) is 14.3 Å². The number of imidazole rings is 1. The Morgan fingerprint density at radius 1 is 1.03 bits per heavy atom. The minimum absolute atomic E-state index is 0.0227. The van der Waals surface area contributed by atoms with Gasteiger partial charge in [0.15, 0.2) is 0 Å². The van der Waals surface area contributed by atoms with Crippen LogP contribution in [0.2, 0.25) is 0 Å². The Hall–Kier alpha value is -3.70. The van der Waals surface area contributed by atoms with Gasteiger partial charge in [0.2, 0.25) is 21.8 Å². The summed E-state index contributed by atoms with van der Waals surface area (Å²) in [4.78, 5) is 27.7. The molecule has 11 heteroatoms. The fraction of sp³-hybridized carbons (Fsp3) is 0.227. The van der Waals surface area contributed by atoms with Crippen LogP contribution in [0.15, 0.2) is 65.8 Å². The molecular weight excluding hydrogens is 446 g/mol. The van der Waals surface area contributed by atoms with Crippen LogP contribution in [-0.4, -0.2) is 35.8 Å². The number of carbonyl (C=O) groups is 2. The smallest absolute Gasteiger partial charge is 0.242 e. The second-order valence-electron chi connectivity index (χ2n) is 7.31. The summed E-state index contributed by atoms with van der Waals surface area (Å²) in [7, 11) is -2.06. The summed E-state index contributed by atoms with van der Waals surface area (Å²) < 4.78 is 35.0. The number of hydrogen-bond acceptors (Lipinski definition) is 6. The highest BCUT2D eigenvalue weighted by molar-refractivity contribution is 7.89. The summed E-state index contributed by atoms with van der Waals surface area (Å²) in [6.07, 6.45) is 3.52. The van der Waals surface area contributed by atoms with Gasteiger partial charge in [0.1, 0.15) is 18.2 Å². The molecule has 0 aliphatic rings. The molecule has 2 amide bonds. The molecule has 0 fully saturated rings. The molecule has 0 saturated heterocycles. The summed E-state index contributed by atoms with van der Waals surface area (Å²) in [5.41, 5.74) is 0.967. The zero-order valence-corrected chi connectivity index (χ0v) is 19.2. The summed E-state index contributed by atoms with van der Waals surface area (Å²) in [6, 6.07) is 11.3. The lowest BCUT2D eigenvalue weighted by Crippen LogP contribution is -2.41. The van der Waals surface area contributed by atoms with Crippen molar-refractivity contribution in [3.8, 4) is 5.75 Å². The van der Waals surface area contributed by atoms with Crippen LogP contribution in [0.4, 0.5) is 11.4 Å². The number of nitrogens with zero attached hydrogens (tertiary/aromatic N) is 2. The summed E-state index contributed by atoms with van der Waals surface area (Å²) >= 11 is 0. The number of anilines is 2. The van der Waals surface area contributed by atoms with E-state index in [1.54, 1.807) is 30.5 Å². The van der Waals surface area contributed by atoms with Crippen LogP contribution in [0, 0.1) is 0 Å². The zero-order valence-electron chi connectivity index (χ0n) is 18.4. The highest BCUT2D eigenvalue weighted by Crippen LogP contribution is 2.18. The van der Waals surface area contributed by atoms with Crippen LogP contribution in [0.5, 0.6) is 5.75 Å². The molecule has 1 heterocycles. The second kappa shape index (κ2) is 10.3. The van der Waals surface area contributed by atoms with Crippen molar-refractivity contribution >= 4 is 33.2 Å². The number of hydrogen-bond donors (Lipinski definition) is 3. The average molecular weight is 472 g/mol. The number of carbonyl (C=O) groups excluding carboxylic acids is 2. The zero-order chi connectivity index (χ0) is 24.0. The van der Waals surface area contributed by atoms with E-state index in [1.165, 1.54) is 38.1 Å². The Kier molecular flexibility index (Phi) is 7.46. The third-order valence-corrected chi connectivity index (χ3v) is 6.18. The molecule has 0 radical (unpaired) electrons. The Bertz CT molecular complexity index is 1220. The molecule has 3 N–H and O–H groups in total. The van der Waals surface area contributed by atoms with Gasteiger partial charge in [-0.25, -0.2) is 13.4 Å². The molecule has 174 valence electrons. The van der Waals surface area contributed by atoms with Gasteiger partial charge in [0.25, 0.3) is 0 Å². The lowest BCUT2D eigenvalue weighted by molar-refractivity contribution is -0.117. The molecule has 0 aliphatic carbocycles. The van der Waals surface area contributed by atoms with E-state index in [2.05, 4.69) is 20.3 Å². The van der Waals surface area contributed by atoms with E-state index in [9.17, 15) is 18.0 Å². The van der Waals surface area contributed by atoms with Crippen molar-refractivity contribution in [2.75, 3.05) is 10.6 Å². The van der Waals surface area contributed by atoms with Crippen LogP contribution in [0.25, 0.3) is 0 Å². The predicted octanol–water partition coefficient (Wildman–Crippen LogP) is 2.26. The highest BCUT2D eigenvalue weighted by Gasteiger charge is 2.22. The van der Waals surface area contributed by atoms with Gasteiger partial charge in [-0.05, 0) is 55.5 Å².